The highest BCUT2D eigenvalue weighted by Gasteiger charge is 2.06. The molecule has 1 aromatic rings. The second kappa shape index (κ2) is 8.60. The van der Waals surface area contributed by atoms with Crippen LogP contribution in [0.15, 0.2) is 24.3 Å². The smallest absolute Gasteiger partial charge is 0.0991 e. The van der Waals surface area contributed by atoms with Crippen molar-refractivity contribution in [2.75, 3.05) is 24.6 Å². The van der Waals surface area contributed by atoms with Gasteiger partial charge in [-0.2, -0.15) is 5.26 Å². The molecule has 0 amide bonds. The van der Waals surface area contributed by atoms with Crippen LogP contribution < -0.4 is 5.32 Å². The molecule has 0 radical (unpaired) electrons. The van der Waals surface area contributed by atoms with Crippen LogP contribution in [0.3, 0.4) is 0 Å². The highest BCUT2D eigenvalue weighted by Crippen LogP contribution is 2.12. The quantitative estimate of drug-likeness (QED) is 0.577. The Labute approximate surface area is 112 Å². The molecule has 18 heavy (non-hydrogen) atoms. The second-order valence-corrected chi connectivity index (χ2v) is 4.82. The number of terminal acetylenes is 1. The van der Waals surface area contributed by atoms with Gasteiger partial charge in [-0.3, -0.25) is 0 Å². The topological polar surface area (TPSA) is 56.0 Å². The first kappa shape index (κ1) is 14.6. The van der Waals surface area contributed by atoms with Gasteiger partial charge in [0.05, 0.1) is 23.5 Å². The number of aliphatic hydroxyl groups excluding tert-OH is 1. The van der Waals surface area contributed by atoms with E-state index < -0.39 is 6.10 Å². The minimum atomic E-state index is -0.546. The van der Waals surface area contributed by atoms with E-state index >= 15 is 0 Å². The molecular formula is C14H16N2OS. The third kappa shape index (κ3) is 5.25. The van der Waals surface area contributed by atoms with Crippen LogP contribution in [0.1, 0.15) is 17.2 Å². The number of hydrogen-bond donors (Lipinski definition) is 2. The molecule has 0 heterocycles. The summed E-state index contributed by atoms with van der Waals surface area (Å²) in [5.74, 6) is 4.22. The zero-order valence-electron chi connectivity index (χ0n) is 10.1. The average molecular weight is 260 g/mol. The Morgan fingerprint density at radius 2 is 2.11 bits per heavy atom. The van der Waals surface area contributed by atoms with Gasteiger partial charge in [0.2, 0.25) is 0 Å². The van der Waals surface area contributed by atoms with Crippen LogP contribution in [0.25, 0.3) is 0 Å². The van der Waals surface area contributed by atoms with Gasteiger partial charge in [0.1, 0.15) is 0 Å². The lowest BCUT2D eigenvalue weighted by Gasteiger charge is -2.12. The fraction of sp³-hybridized carbons (Fsp3) is 0.357. The molecule has 0 aliphatic carbocycles. The van der Waals surface area contributed by atoms with E-state index in [0.29, 0.717) is 12.1 Å². The molecule has 1 unspecified atom stereocenters. The third-order valence-electron chi connectivity index (χ3n) is 2.37. The highest BCUT2D eigenvalue weighted by atomic mass is 32.2. The Balaban J connectivity index is 2.26. The van der Waals surface area contributed by atoms with Gasteiger partial charge < -0.3 is 10.4 Å². The first-order valence-electron chi connectivity index (χ1n) is 5.68. The maximum Gasteiger partial charge on any atom is 0.0991 e. The summed E-state index contributed by atoms with van der Waals surface area (Å²) < 4.78 is 0. The van der Waals surface area contributed by atoms with Crippen LogP contribution in [-0.4, -0.2) is 29.7 Å². The van der Waals surface area contributed by atoms with E-state index in [1.165, 1.54) is 0 Å². The number of nitrogens with zero attached hydrogens (tertiary/aromatic N) is 1. The van der Waals surface area contributed by atoms with Crippen molar-refractivity contribution in [3.63, 3.8) is 0 Å². The SMILES string of the molecule is C#CCSCCNCC(O)c1ccc(C#N)cc1. The Morgan fingerprint density at radius 1 is 1.39 bits per heavy atom. The molecule has 0 aliphatic heterocycles. The first-order valence-corrected chi connectivity index (χ1v) is 6.83. The summed E-state index contributed by atoms with van der Waals surface area (Å²) >= 11 is 1.69. The van der Waals surface area contributed by atoms with Gasteiger partial charge in [-0.1, -0.05) is 18.1 Å². The van der Waals surface area contributed by atoms with Gasteiger partial charge in [0.25, 0.3) is 0 Å². The standard InChI is InChI=1S/C14H16N2OS/c1-2-8-18-9-7-16-11-14(17)13-5-3-12(10-15)4-6-13/h1,3-6,14,16-17H,7-9,11H2. The van der Waals surface area contributed by atoms with Crippen LogP contribution in [0.5, 0.6) is 0 Å². The van der Waals surface area contributed by atoms with Gasteiger partial charge >= 0.3 is 0 Å². The molecule has 94 valence electrons. The Bertz CT molecular complexity index is 431. The lowest BCUT2D eigenvalue weighted by atomic mass is 10.1. The van der Waals surface area contributed by atoms with Crippen molar-refractivity contribution in [1.82, 2.24) is 5.32 Å². The van der Waals surface area contributed by atoms with Gasteiger partial charge in [-0.25, -0.2) is 0 Å². The highest BCUT2D eigenvalue weighted by molar-refractivity contribution is 7.99. The number of thioether (sulfide) groups is 1. The molecule has 1 atom stereocenters. The first-order chi connectivity index (χ1) is 8.77. The van der Waals surface area contributed by atoms with Gasteiger partial charge in [-0.05, 0) is 17.7 Å². The van der Waals surface area contributed by atoms with Crippen molar-refractivity contribution in [1.29, 1.82) is 5.26 Å². The summed E-state index contributed by atoms with van der Waals surface area (Å²) in [6, 6.07) is 9.02. The van der Waals surface area contributed by atoms with E-state index in [4.69, 9.17) is 11.7 Å². The molecule has 1 aromatic carbocycles. The number of nitriles is 1. The number of nitrogens with one attached hydrogen (secondary N) is 1. The van der Waals surface area contributed by atoms with E-state index in [2.05, 4.69) is 11.2 Å². The summed E-state index contributed by atoms with van der Waals surface area (Å²) in [5.41, 5.74) is 1.42. The lowest BCUT2D eigenvalue weighted by Crippen LogP contribution is -2.23. The number of hydrogen-bond acceptors (Lipinski definition) is 4. The van der Waals surface area contributed by atoms with E-state index in [1.54, 1.807) is 36.0 Å². The predicted octanol–water partition coefficient (Wildman–Crippen LogP) is 1.55. The molecule has 0 spiro atoms. The van der Waals surface area contributed by atoms with Crippen LogP contribution >= 0.6 is 11.8 Å². The molecule has 0 bridgehead atoms. The summed E-state index contributed by atoms with van der Waals surface area (Å²) in [5, 5.41) is 21.7. The molecule has 4 heteroatoms. The Kier molecular flexibility index (Phi) is 6.98. The van der Waals surface area contributed by atoms with E-state index in [0.717, 1.165) is 23.6 Å². The number of benzene rings is 1. The van der Waals surface area contributed by atoms with Crippen molar-refractivity contribution in [2.24, 2.45) is 0 Å². The molecule has 3 nitrogen and oxygen atoms in total. The average Bonchev–Trinajstić information content (AvgIpc) is 2.42. The minimum absolute atomic E-state index is 0.502. The molecule has 0 aliphatic rings. The molecule has 2 N–H and O–H groups in total. The maximum absolute atomic E-state index is 9.90. The summed E-state index contributed by atoms with van der Waals surface area (Å²) in [7, 11) is 0. The van der Waals surface area contributed by atoms with Crippen molar-refractivity contribution in [3.05, 3.63) is 35.4 Å². The van der Waals surface area contributed by atoms with Crippen molar-refractivity contribution in [3.8, 4) is 18.4 Å². The summed E-state index contributed by atoms with van der Waals surface area (Å²) in [4.78, 5) is 0. The van der Waals surface area contributed by atoms with Gasteiger partial charge in [0.15, 0.2) is 0 Å². The van der Waals surface area contributed by atoms with Crippen molar-refractivity contribution < 1.29 is 5.11 Å². The maximum atomic E-state index is 9.90. The summed E-state index contributed by atoms with van der Waals surface area (Å²) in [6.45, 7) is 1.32. The zero-order valence-corrected chi connectivity index (χ0v) is 10.9. The lowest BCUT2D eigenvalue weighted by molar-refractivity contribution is 0.176. The van der Waals surface area contributed by atoms with Crippen LogP contribution in [-0.2, 0) is 0 Å². The molecule has 0 saturated carbocycles. The third-order valence-corrected chi connectivity index (χ3v) is 3.23. The van der Waals surface area contributed by atoms with E-state index in [1.807, 2.05) is 6.07 Å². The fourth-order valence-electron chi connectivity index (χ4n) is 1.41. The second-order valence-electron chi connectivity index (χ2n) is 3.71. The van der Waals surface area contributed by atoms with Crippen LogP contribution in [0.2, 0.25) is 0 Å². The molecule has 0 aromatic heterocycles. The van der Waals surface area contributed by atoms with E-state index in [-0.39, 0.29) is 0 Å². The molecular weight excluding hydrogens is 244 g/mol. The monoisotopic (exact) mass is 260 g/mol. The summed E-state index contributed by atoms with van der Waals surface area (Å²) in [6.07, 6.45) is 4.59. The Morgan fingerprint density at radius 3 is 2.72 bits per heavy atom. The van der Waals surface area contributed by atoms with E-state index in [9.17, 15) is 5.11 Å². The largest absolute Gasteiger partial charge is 0.387 e. The predicted molar refractivity (Wildman–Crippen MR) is 75.1 cm³/mol. The molecule has 0 saturated heterocycles. The number of aliphatic hydroxyl groups is 1. The zero-order chi connectivity index (χ0) is 13.2. The molecule has 0 fully saturated rings. The Hall–Kier alpha value is -1.46. The van der Waals surface area contributed by atoms with Crippen LogP contribution in [0, 0.1) is 23.7 Å². The van der Waals surface area contributed by atoms with Gasteiger partial charge in [0, 0.05) is 18.8 Å². The minimum Gasteiger partial charge on any atom is -0.387 e. The van der Waals surface area contributed by atoms with Gasteiger partial charge in [-0.15, -0.1) is 18.2 Å². The van der Waals surface area contributed by atoms with Crippen LogP contribution in [0.4, 0.5) is 0 Å². The van der Waals surface area contributed by atoms with Crippen molar-refractivity contribution in [2.45, 2.75) is 6.10 Å². The van der Waals surface area contributed by atoms with Crippen molar-refractivity contribution >= 4 is 11.8 Å². The number of rotatable bonds is 7. The fourth-order valence-corrected chi connectivity index (χ4v) is 1.96. The molecule has 1 rings (SSSR count). The normalized spacial score (nSPS) is 11.5.